The van der Waals surface area contributed by atoms with Gasteiger partial charge in [-0.1, -0.05) is 102 Å². The molecule has 1 aromatic rings. The first kappa shape index (κ1) is 30.2. The summed E-state index contributed by atoms with van der Waals surface area (Å²) in [6, 6.07) is 9.17. The van der Waals surface area contributed by atoms with Crippen LogP contribution in [0.3, 0.4) is 0 Å². The van der Waals surface area contributed by atoms with E-state index >= 15 is 0 Å². The fraction of sp³-hybridized carbons (Fsp3) is 0.643. The van der Waals surface area contributed by atoms with E-state index in [0.29, 0.717) is 6.42 Å². The van der Waals surface area contributed by atoms with Crippen molar-refractivity contribution in [2.45, 2.75) is 86.2 Å². The number of azide groups is 1. The van der Waals surface area contributed by atoms with Gasteiger partial charge in [-0.2, -0.15) is 0 Å². The van der Waals surface area contributed by atoms with Crippen LogP contribution in [0.5, 0.6) is 0 Å². The van der Waals surface area contributed by atoms with Crippen LogP contribution in [-0.2, 0) is 15.0 Å². The van der Waals surface area contributed by atoms with E-state index in [-0.39, 0.29) is 41.7 Å². The second kappa shape index (κ2) is 12.8. The van der Waals surface area contributed by atoms with Crippen LogP contribution < -0.4 is 5.32 Å². The van der Waals surface area contributed by atoms with Crippen LogP contribution in [0.4, 0.5) is 0 Å². The van der Waals surface area contributed by atoms with Crippen molar-refractivity contribution in [3.05, 3.63) is 58.0 Å². The first-order valence-corrected chi connectivity index (χ1v) is 12.5. The predicted molar refractivity (Wildman–Crippen MR) is 144 cm³/mol. The topological polar surface area (TPSA) is 98.2 Å². The van der Waals surface area contributed by atoms with Crippen molar-refractivity contribution < 1.29 is 9.59 Å². The molecule has 0 saturated carbocycles. The summed E-state index contributed by atoms with van der Waals surface area (Å²) in [7, 11) is 1.78. The van der Waals surface area contributed by atoms with Gasteiger partial charge in [0.1, 0.15) is 6.04 Å². The second-order valence-corrected chi connectivity index (χ2v) is 11.4. The SMILES string of the molecule is CC[C@H](C(=O)N[C@H](C(=O)N(C)[C@H](/C=C(\C)CN=[N+]=[N-])C(C)C)C(C)(C)C)C(C)(C)c1ccccc1. The molecule has 2 amide bonds. The van der Waals surface area contributed by atoms with Gasteiger partial charge in [0.05, 0.1) is 6.04 Å². The van der Waals surface area contributed by atoms with Crippen molar-refractivity contribution in [1.82, 2.24) is 10.2 Å². The van der Waals surface area contributed by atoms with E-state index in [9.17, 15) is 9.59 Å². The first-order valence-electron chi connectivity index (χ1n) is 12.5. The van der Waals surface area contributed by atoms with E-state index in [1.165, 1.54) is 0 Å². The summed E-state index contributed by atoms with van der Waals surface area (Å²) in [5.74, 6) is -0.398. The molecule has 0 heterocycles. The molecule has 0 fully saturated rings. The average Bonchev–Trinajstić information content (AvgIpc) is 2.78. The molecule has 35 heavy (non-hydrogen) atoms. The van der Waals surface area contributed by atoms with Gasteiger partial charge in [0, 0.05) is 29.8 Å². The molecule has 0 aromatic heterocycles. The molecule has 1 rings (SSSR count). The van der Waals surface area contributed by atoms with Gasteiger partial charge in [-0.15, -0.1) is 0 Å². The zero-order valence-corrected chi connectivity index (χ0v) is 23.3. The van der Waals surface area contributed by atoms with Gasteiger partial charge in [0.15, 0.2) is 0 Å². The molecule has 1 N–H and O–H groups in total. The Hall–Kier alpha value is -2.79. The Kier molecular flexibility index (Phi) is 11.0. The fourth-order valence-electron chi connectivity index (χ4n) is 4.57. The molecule has 0 aliphatic carbocycles. The largest absolute Gasteiger partial charge is 0.344 e. The zero-order chi connectivity index (χ0) is 27.0. The lowest BCUT2D eigenvalue weighted by molar-refractivity contribution is -0.141. The summed E-state index contributed by atoms with van der Waals surface area (Å²) in [6.07, 6.45) is 2.64. The van der Waals surface area contributed by atoms with Gasteiger partial charge >= 0.3 is 0 Å². The number of nitrogens with one attached hydrogen (secondary N) is 1. The molecule has 7 heteroatoms. The van der Waals surface area contributed by atoms with E-state index in [2.05, 4.69) is 29.2 Å². The summed E-state index contributed by atoms with van der Waals surface area (Å²) in [5, 5.41) is 6.76. The molecule has 0 saturated heterocycles. The van der Waals surface area contributed by atoms with Crippen LogP contribution in [0.15, 0.2) is 47.1 Å². The Morgan fingerprint density at radius 2 is 1.71 bits per heavy atom. The number of carbonyl (C=O) groups excluding carboxylic acids is 2. The van der Waals surface area contributed by atoms with Crippen molar-refractivity contribution in [3.63, 3.8) is 0 Å². The highest BCUT2D eigenvalue weighted by molar-refractivity contribution is 5.90. The van der Waals surface area contributed by atoms with Crippen molar-refractivity contribution in [2.75, 3.05) is 13.6 Å². The number of carbonyl (C=O) groups is 2. The molecule has 7 nitrogen and oxygen atoms in total. The Morgan fingerprint density at radius 3 is 2.17 bits per heavy atom. The van der Waals surface area contributed by atoms with Crippen LogP contribution in [-0.4, -0.2) is 42.4 Å². The van der Waals surface area contributed by atoms with Crippen LogP contribution in [0.25, 0.3) is 10.4 Å². The third-order valence-corrected chi connectivity index (χ3v) is 6.83. The van der Waals surface area contributed by atoms with Crippen molar-refractivity contribution >= 4 is 11.8 Å². The molecule has 0 aliphatic heterocycles. The molecule has 0 unspecified atom stereocenters. The average molecular weight is 484 g/mol. The number of rotatable bonds is 11. The number of likely N-dealkylation sites (N-methyl/N-ethyl adjacent to an activating group) is 1. The highest BCUT2D eigenvalue weighted by atomic mass is 16.2. The number of nitrogens with zero attached hydrogens (tertiary/aromatic N) is 4. The van der Waals surface area contributed by atoms with Gasteiger partial charge in [-0.05, 0) is 35.8 Å². The molecule has 0 bridgehead atoms. The van der Waals surface area contributed by atoms with Crippen LogP contribution in [0.1, 0.15) is 74.3 Å². The van der Waals surface area contributed by atoms with Gasteiger partial charge in [0.25, 0.3) is 0 Å². The highest BCUT2D eigenvalue weighted by Gasteiger charge is 2.41. The Bertz CT molecular complexity index is 924. The predicted octanol–water partition coefficient (Wildman–Crippen LogP) is 6.26. The summed E-state index contributed by atoms with van der Waals surface area (Å²) < 4.78 is 0. The summed E-state index contributed by atoms with van der Waals surface area (Å²) in [4.78, 5) is 32.0. The quantitative estimate of drug-likeness (QED) is 0.174. The van der Waals surface area contributed by atoms with Gasteiger partial charge < -0.3 is 10.2 Å². The maximum Gasteiger partial charge on any atom is 0.245 e. The van der Waals surface area contributed by atoms with Gasteiger partial charge in [-0.25, -0.2) is 0 Å². The molecule has 0 aliphatic rings. The molecule has 0 radical (unpaired) electrons. The second-order valence-electron chi connectivity index (χ2n) is 11.4. The van der Waals surface area contributed by atoms with Crippen LogP contribution in [0.2, 0.25) is 0 Å². The van der Waals surface area contributed by atoms with Gasteiger partial charge in [0.2, 0.25) is 11.8 Å². The van der Waals surface area contributed by atoms with E-state index in [1.807, 2.05) is 84.9 Å². The molecular weight excluding hydrogens is 438 g/mol. The standard InChI is InChI=1S/C28H45N5O2/c1-11-22(28(8,9)21-15-13-12-14-16-21)25(34)31-24(27(5,6)7)26(35)33(10)23(19(2)3)17-20(4)18-30-32-29/h12-17,19,22-24H,11,18H2,1-10H3,(H,31,34)/b20-17+/t22-,23-,24-/m1/s1. The highest BCUT2D eigenvalue weighted by Crippen LogP contribution is 2.34. The van der Waals surface area contributed by atoms with E-state index in [1.54, 1.807) is 11.9 Å². The molecule has 194 valence electrons. The lowest BCUT2D eigenvalue weighted by Crippen LogP contribution is -2.58. The lowest BCUT2D eigenvalue weighted by atomic mass is 9.71. The number of amides is 2. The van der Waals surface area contributed by atoms with E-state index < -0.39 is 11.5 Å². The van der Waals surface area contributed by atoms with E-state index in [4.69, 9.17) is 5.53 Å². The van der Waals surface area contributed by atoms with Crippen molar-refractivity contribution in [2.24, 2.45) is 22.4 Å². The molecule has 0 spiro atoms. The smallest absolute Gasteiger partial charge is 0.245 e. The normalized spacial score (nSPS) is 15.1. The molecular formula is C28H45N5O2. The maximum absolute atomic E-state index is 13.8. The number of benzene rings is 1. The summed E-state index contributed by atoms with van der Waals surface area (Å²) in [5.41, 5.74) is 9.74. The molecule has 3 atom stereocenters. The van der Waals surface area contributed by atoms with Crippen molar-refractivity contribution in [1.29, 1.82) is 0 Å². The summed E-state index contributed by atoms with van der Waals surface area (Å²) in [6.45, 7) is 18.3. The monoisotopic (exact) mass is 483 g/mol. The zero-order valence-electron chi connectivity index (χ0n) is 23.3. The number of hydrogen-bond acceptors (Lipinski definition) is 3. The summed E-state index contributed by atoms with van der Waals surface area (Å²) >= 11 is 0. The Morgan fingerprint density at radius 1 is 1.14 bits per heavy atom. The fourth-order valence-corrected chi connectivity index (χ4v) is 4.57. The van der Waals surface area contributed by atoms with Crippen LogP contribution in [0, 0.1) is 17.3 Å². The minimum Gasteiger partial charge on any atom is -0.344 e. The minimum atomic E-state index is -0.687. The van der Waals surface area contributed by atoms with Crippen molar-refractivity contribution in [3.8, 4) is 0 Å². The van der Waals surface area contributed by atoms with Crippen LogP contribution >= 0.6 is 0 Å². The molecule has 1 aromatic carbocycles. The Balaban J connectivity index is 3.26. The maximum atomic E-state index is 13.8. The number of hydrogen-bond donors (Lipinski definition) is 1. The van der Waals surface area contributed by atoms with Gasteiger partial charge in [-0.3, -0.25) is 9.59 Å². The lowest BCUT2D eigenvalue weighted by Gasteiger charge is -2.40. The Labute approximate surface area is 212 Å². The third kappa shape index (κ3) is 8.14. The third-order valence-electron chi connectivity index (χ3n) is 6.83. The van der Waals surface area contributed by atoms with E-state index in [0.717, 1.165) is 11.1 Å². The first-order chi connectivity index (χ1) is 16.2. The minimum absolute atomic E-state index is 0.112.